The Morgan fingerprint density at radius 3 is 2.58 bits per heavy atom. The van der Waals surface area contributed by atoms with Gasteiger partial charge in [-0.1, -0.05) is 38.1 Å². The summed E-state index contributed by atoms with van der Waals surface area (Å²) in [5.74, 6) is 1.88. The molecule has 3 fully saturated rings. The average Bonchev–Trinajstić information content (AvgIpc) is 3.21. The summed E-state index contributed by atoms with van der Waals surface area (Å²) in [6, 6.07) is 13.9. The minimum Gasteiger partial charge on any atom is -0.374 e. The largest absolute Gasteiger partial charge is 0.374 e. The van der Waals surface area contributed by atoms with E-state index in [0.29, 0.717) is 6.04 Å². The number of hydrogen-bond donors (Lipinski definition) is 3. The molecule has 0 saturated carbocycles. The molecule has 2 aromatic rings. The van der Waals surface area contributed by atoms with E-state index in [0.717, 1.165) is 57.5 Å². The zero-order valence-corrected chi connectivity index (χ0v) is 18.6. The van der Waals surface area contributed by atoms with Gasteiger partial charge >= 0.3 is 0 Å². The molecule has 0 spiro atoms. The molecule has 31 heavy (non-hydrogen) atoms. The number of para-hydroxylation sites is 1. The van der Waals surface area contributed by atoms with Gasteiger partial charge in [-0.15, -0.1) is 0 Å². The number of likely N-dealkylation sites (tertiary alicyclic amines) is 1. The Morgan fingerprint density at radius 1 is 0.968 bits per heavy atom. The molecule has 0 bridgehead atoms. The van der Waals surface area contributed by atoms with E-state index in [1.807, 2.05) is 20.0 Å². The predicted octanol–water partition coefficient (Wildman–Crippen LogP) is 2.93. The van der Waals surface area contributed by atoms with Crippen molar-refractivity contribution in [3.05, 3.63) is 59.8 Å². The normalized spacial score (nSPS) is 26.5. The number of fused-ring (bicyclic) bond motifs is 2. The van der Waals surface area contributed by atoms with Crippen LogP contribution in [0, 0.1) is 5.92 Å². The molecule has 3 saturated heterocycles. The maximum absolute atomic E-state index is 4.80. The number of piperazine rings is 1. The Morgan fingerprint density at radius 2 is 1.81 bits per heavy atom. The lowest BCUT2D eigenvalue weighted by atomic mass is 9.87. The highest BCUT2D eigenvalue weighted by Gasteiger charge is 2.44. The van der Waals surface area contributed by atoms with E-state index in [4.69, 9.17) is 4.98 Å². The highest BCUT2D eigenvalue weighted by molar-refractivity contribution is 5.80. The van der Waals surface area contributed by atoms with Crippen LogP contribution >= 0.6 is 0 Å². The first-order valence-electron chi connectivity index (χ1n) is 11.8. The number of rotatable bonds is 3. The van der Waals surface area contributed by atoms with Gasteiger partial charge in [0.2, 0.25) is 0 Å². The van der Waals surface area contributed by atoms with Gasteiger partial charge < -0.3 is 25.8 Å². The number of nitrogens with one attached hydrogen (secondary N) is 3. The standard InChI is InChI=1S/C23H28N6.C2H6/c1-2-4-19-18(3-1)21(29-15-17-12-25-14-22(17)29)11-20(27-19)16-5-6-23(26-13-16)28-9-7-24-8-10-28;1-2/h1-6,11,13,17,20,22,24-25,27H,7-10,12,14-15H2;1-2H3. The number of benzene rings is 1. The smallest absolute Gasteiger partial charge is 0.128 e. The van der Waals surface area contributed by atoms with Gasteiger partial charge in [-0.2, -0.15) is 0 Å². The van der Waals surface area contributed by atoms with Crippen LogP contribution in [0.3, 0.4) is 0 Å². The van der Waals surface area contributed by atoms with Crippen LogP contribution in [0.2, 0.25) is 0 Å². The second-order valence-corrected chi connectivity index (χ2v) is 8.54. The topological polar surface area (TPSA) is 55.5 Å². The molecule has 3 N–H and O–H groups in total. The van der Waals surface area contributed by atoms with Crippen molar-refractivity contribution < 1.29 is 0 Å². The van der Waals surface area contributed by atoms with Crippen molar-refractivity contribution in [2.45, 2.75) is 25.9 Å². The first-order valence-corrected chi connectivity index (χ1v) is 11.8. The lowest BCUT2D eigenvalue weighted by Crippen LogP contribution is -2.54. The van der Waals surface area contributed by atoms with Crippen molar-refractivity contribution in [2.75, 3.05) is 56.0 Å². The summed E-state index contributed by atoms with van der Waals surface area (Å²) in [4.78, 5) is 9.75. The van der Waals surface area contributed by atoms with Crippen molar-refractivity contribution in [3.63, 3.8) is 0 Å². The average molecular weight is 419 g/mol. The van der Waals surface area contributed by atoms with Gasteiger partial charge in [0, 0.05) is 80.9 Å². The molecular weight excluding hydrogens is 384 g/mol. The molecule has 3 atom stereocenters. The van der Waals surface area contributed by atoms with Crippen LogP contribution < -0.4 is 20.9 Å². The van der Waals surface area contributed by atoms with Crippen molar-refractivity contribution in [2.24, 2.45) is 5.92 Å². The minimum atomic E-state index is 0.151. The zero-order valence-electron chi connectivity index (χ0n) is 18.6. The van der Waals surface area contributed by atoms with Gasteiger partial charge in [-0.25, -0.2) is 4.98 Å². The molecule has 0 amide bonds. The van der Waals surface area contributed by atoms with Gasteiger partial charge in [-0.05, 0) is 23.8 Å². The van der Waals surface area contributed by atoms with Crippen molar-refractivity contribution in [3.8, 4) is 0 Å². The molecular formula is C25H34N6. The summed E-state index contributed by atoms with van der Waals surface area (Å²) < 4.78 is 0. The number of anilines is 2. The lowest BCUT2D eigenvalue weighted by Gasteiger charge is -2.48. The van der Waals surface area contributed by atoms with Crippen molar-refractivity contribution >= 4 is 17.2 Å². The van der Waals surface area contributed by atoms with Gasteiger partial charge in [0.05, 0.1) is 6.04 Å². The van der Waals surface area contributed by atoms with E-state index < -0.39 is 0 Å². The maximum Gasteiger partial charge on any atom is 0.128 e. The summed E-state index contributed by atoms with van der Waals surface area (Å²) >= 11 is 0. The second kappa shape index (κ2) is 8.89. The molecule has 6 rings (SSSR count). The van der Waals surface area contributed by atoms with E-state index in [9.17, 15) is 0 Å². The maximum atomic E-state index is 4.80. The molecule has 4 aliphatic heterocycles. The predicted molar refractivity (Wildman–Crippen MR) is 128 cm³/mol. The molecule has 0 radical (unpaired) electrons. The van der Waals surface area contributed by atoms with E-state index >= 15 is 0 Å². The van der Waals surface area contributed by atoms with E-state index in [-0.39, 0.29) is 6.04 Å². The summed E-state index contributed by atoms with van der Waals surface area (Å²) in [5, 5.41) is 10.7. The van der Waals surface area contributed by atoms with E-state index in [1.54, 1.807) is 0 Å². The van der Waals surface area contributed by atoms with Crippen LogP contribution in [0.25, 0.3) is 5.70 Å². The monoisotopic (exact) mass is 418 g/mol. The van der Waals surface area contributed by atoms with Crippen LogP contribution in [0.4, 0.5) is 11.5 Å². The van der Waals surface area contributed by atoms with E-state index in [2.05, 4.69) is 68.2 Å². The third-order valence-corrected chi connectivity index (χ3v) is 6.85. The Bertz CT molecular complexity index is 918. The zero-order chi connectivity index (χ0) is 21.2. The van der Waals surface area contributed by atoms with Gasteiger partial charge in [0.15, 0.2) is 0 Å². The van der Waals surface area contributed by atoms with Crippen LogP contribution in [0.5, 0.6) is 0 Å². The summed E-state index contributed by atoms with van der Waals surface area (Å²) in [5.41, 5.74) is 5.13. The molecule has 0 aliphatic carbocycles. The summed E-state index contributed by atoms with van der Waals surface area (Å²) in [7, 11) is 0. The Kier molecular flexibility index (Phi) is 5.83. The number of nitrogens with zero attached hydrogens (tertiary/aromatic N) is 3. The van der Waals surface area contributed by atoms with Crippen LogP contribution in [0.15, 0.2) is 48.7 Å². The number of aromatic nitrogens is 1. The molecule has 6 heteroatoms. The van der Waals surface area contributed by atoms with Crippen molar-refractivity contribution in [1.82, 2.24) is 20.5 Å². The third-order valence-electron chi connectivity index (χ3n) is 6.85. The summed E-state index contributed by atoms with van der Waals surface area (Å²) in [6.45, 7) is 11.5. The highest BCUT2D eigenvalue weighted by atomic mass is 15.3. The lowest BCUT2D eigenvalue weighted by molar-refractivity contribution is 0.120. The second-order valence-electron chi connectivity index (χ2n) is 8.54. The molecule has 1 aromatic carbocycles. The first-order chi connectivity index (χ1) is 15.4. The van der Waals surface area contributed by atoms with Crippen LogP contribution in [0.1, 0.15) is 31.0 Å². The fraction of sp³-hybridized carbons (Fsp3) is 0.480. The summed E-state index contributed by atoms with van der Waals surface area (Å²) in [6.07, 6.45) is 4.45. The quantitative estimate of drug-likeness (QED) is 0.713. The van der Waals surface area contributed by atoms with Gasteiger partial charge in [-0.3, -0.25) is 0 Å². The fourth-order valence-electron chi connectivity index (χ4n) is 5.18. The Labute approximate surface area is 185 Å². The van der Waals surface area contributed by atoms with Gasteiger partial charge in [0.1, 0.15) is 5.82 Å². The molecule has 5 heterocycles. The highest BCUT2D eigenvalue weighted by Crippen LogP contribution is 2.42. The molecule has 6 nitrogen and oxygen atoms in total. The Balaban J connectivity index is 0.000000994. The fourth-order valence-corrected chi connectivity index (χ4v) is 5.18. The van der Waals surface area contributed by atoms with Gasteiger partial charge in [0.25, 0.3) is 0 Å². The molecule has 1 aromatic heterocycles. The van der Waals surface area contributed by atoms with Crippen molar-refractivity contribution in [1.29, 1.82) is 0 Å². The minimum absolute atomic E-state index is 0.151. The van der Waals surface area contributed by atoms with Crippen LogP contribution in [-0.4, -0.2) is 61.7 Å². The van der Waals surface area contributed by atoms with E-state index in [1.165, 1.54) is 22.5 Å². The first kappa shape index (κ1) is 20.3. The molecule has 164 valence electrons. The SMILES string of the molecule is C1=C(N2CC3CNCC32)c2ccccc2NC1c1ccc(N2CCNCC2)nc1.CC. The third kappa shape index (κ3) is 3.79. The molecule has 4 aliphatic rings. The van der Waals surface area contributed by atoms with Crippen LogP contribution in [-0.2, 0) is 0 Å². The number of pyridine rings is 1. The number of hydrogen-bond acceptors (Lipinski definition) is 6. The Hall–Kier alpha value is -2.57. The molecule has 3 unspecified atom stereocenters.